The van der Waals surface area contributed by atoms with E-state index in [-0.39, 0.29) is 11.7 Å². The molecular formula is C25H18Cl2N2O5. The summed E-state index contributed by atoms with van der Waals surface area (Å²) in [7, 11) is 1.46. The molecule has 4 aromatic rings. The molecule has 0 aliphatic rings. The van der Waals surface area contributed by atoms with E-state index in [4.69, 9.17) is 36.8 Å². The van der Waals surface area contributed by atoms with Crippen LogP contribution < -0.4 is 15.4 Å². The number of ether oxygens (including phenoxy) is 1. The van der Waals surface area contributed by atoms with Gasteiger partial charge in [-0.15, -0.1) is 0 Å². The fourth-order valence-electron chi connectivity index (χ4n) is 3.09. The van der Waals surface area contributed by atoms with Crippen LogP contribution in [0.25, 0.3) is 17.4 Å². The lowest BCUT2D eigenvalue weighted by Gasteiger charge is -2.11. The fourth-order valence-corrected chi connectivity index (χ4v) is 3.48. The average Bonchev–Trinajstić information content (AvgIpc) is 3.53. The first-order valence-corrected chi connectivity index (χ1v) is 10.8. The lowest BCUT2D eigenvalue weighted by Crippen LogP contribution is -2.12. The van der Waals surface area contributed by atoms with Crippen molar-refractivity contribution in [1.82, 2.24) is 0 Å². The van der Waals surface area contributed by atoms with Crippen molar-refractivity contribution >= 4 is 52.5 Å². The maximum atomic E-state index is 12.4. The number of amides is 2. The minimum absolute atomic E-state index is 0.170. The molecule has 0 aliphatic heterocycles. The van der Waals surface area contributed by atoms with Crippen LogP contribution in [-0.4, -0.2) is 18.9 Å². The van der Waals surface area contributed by atoms with Gasteiger partial charge in [0.2, 0.25) is 5.91 Å². The number of anilines is 2. The van der Waals surface area contributed by atoms with Gasteiger partial charge in [-0.25, -0.2) is 0 Å². The van der Waals surface area contributed by atoms with E-state index in [1.807, 2.05) is 0 Å². The maximum Gasteiger partial charge on any atom is 0.291 e. The smallest absolute Gasteiger partial charge is 0.291 e. The van der Waals surface area contributed by atoms with E-state index < -0.39 is 5.91 Å². The van der Waals surface area contributed by atoms with E-state index in [0.29, 0.717) is 44.3 Å². The highest BCUT2D eigenvalue weighted by Gasteiger charge is 2.13. The number of furan rings is 2. The Morgan fingerprint density at radius 1 is 1.00 bits per heavy atom. The molecule has 2 amide bonds. The molecule has 0 saturated heterocycles. The average molecular weight is 497 g/mol. The van der Waals surface area contributed by atoms with Crippen LogP contribution in [0.15, 0.2) is 81.8 Å². The third kappa shape index (κ3) is 5.33. The Kier molecular flexibility index (Phi) is 7.06. The first-order chi connectivity index (χ1) is 16.4. The molecule has 4 rings (SSSR count). The second-order valence-electron chi connectivity index (χ2n) is 6.97. The summed E-state index contributed by atoms with van der Waals surface area (Å²) in [6.45, 7) is 0. The summed E-state index contributed by atoms with van der Waals surface area (Å²) in [5.74, 6) is 0.742. The van der Waals surface area contributed by atoms with E-state index in [1.165, 1.54) is 25.5 Å². The molecule has 2 N–H and O–H groups in total. The Hall–Kier alpha value is -3.94. The van der Waals surface area contributed by atoms with E-state index in [9.17, 15) is 9.59 Å². The van der Waals surface area contributed by atoms with Crippen LogP contribution in [0.2, 0.25) is 10.0 Å². The van der Waals surface area contributed by atoms with Gasteiger partial charge in [0.05, 0.1) is 29.1 Å². The monoisotopic (exact) mass is 496 g/mol. The number of hydrogen-bond donors (Lipinski definition) is 2. The van der Waals surface area contributed by atoms with E-state index in [0.717, 1.165) is 0 Å². The lowest BCUT2D eigenvalue weighted by atomic mass is 10.2. The van der Waals surface area contributed by atoms with Crippen LogP contribution in [0.5, 0.6) is 5.75 Å². The normalized spacial score (nSPS) is 10.9. The number of hydrogen-bond acceptors (Lipinski definition) is 5. The minimum atomic E-state index is -0.417. The summed E-state index contributed by atoms with van der Waals surface area (Å²) in [4.78, 5) is 24.6. The predicted molar refractivity (Wildman–Crippen MR) is 131 cm³/mol. The van der Waals surface area contributed by atoms with Crippen LogP contribution >= 0.6 is 23.2 Å². The van der Waals surface area contributed by atoms with Crippen LogP contribution in [0.4, 0.5) is 11.4 Å². The summed E-state index contributed by atoms with van der Waals surface area (Å²) in [6, 6.07) is 16.7. The highest BCUT2D eigenvalue weighted by molar-refractivity contribution is 6.43. The summed E-state index contributed by atoms with van der Waals surface area (Å²) in [5, 5.41) is 6.25. The van der Waals surface area contributed by atoms with Crippen molar-refractivity contribution in [3.8, 4) is 17.1 Å². The fraction of sp³-hybridized carbons (Fsp3) is 0.0400. The molecule has 2 aromatic heterocycles. The van der Waals surface area contributed by atoms with Gasteiger partial charge in [0, 0.05) is 23.4 Å². The van der Waals surface area contributed by atoms with Crippen LogP contribution in [0.3, 0.4) is 0 Å². The molecule has 2 heterocycles. The third-order valence-corrected chi connectivity index (χ3v) is 5.52. The van der Waals surface area contributed by atoms with Gasteiger partial charge < -0.3 is 24.2 Å². The van der Waals surface area contributed by atoms with Crippen molar-refractivity contribution < 1.29 is 23.2 Å². The molecule has 0 fully saturated rings. The van der Waals surface area contributed by atoms with E-state index in [1.54, 1.807) is 60.7 Å². The maximum absolute atomic E-state index is 12.4. The van der Waals surface area contributed by atoms with Crippen molar-refractivity contribution in [1.29, 1.82) is 0 Å². The second-order valence-corrected chi connectivity index (χ2v) is 7.76. The Morgan fingerprint density at radius 3 is 2.62 bits per heavy atom. The van der Waals surface area contributed by atoms with Crippen LogP contribution in [-0.2, 0) is 4.79 Å². The Morgan fingerprint density at radius 2 is 1.85 bits per heavy atom. The number of carbonyl (C=O) groups is 2. The number of carbonyl (C=O) groups excluding carboxylic acids is 2. The van der Waals surface area contributed by atoms with Gasteiger partial charge in [-0.2, -0.15) is 0 Å². The van der Waals surface area contributed by atoms with Gasteiger partial charge in [-0.05, 0) is 54.6 Å². The highest BCUT2D eigenvalue weighted by Crippen LogP contribution is 2.34. The predicted octanol–water partition coefficient (Wildman–Crippen LogP) is 6.76. The highest BCUT2D eigenvalue weighted by atomic mass is 35.5. The molecule has 2 aromatic carbocycles. The third-order valence-electron chi connectivity index (χ3n) is 4.71. The van der Waals surface area contributed by atoms with Gasteiger partial charge >= 0.3 is 0 Å². The minimum Gasteiger partial charge on any atom is -0.494 e. The Balaban J connectivity index is 1.41. The van der Waals surface area contributed by atoms with Gasteiger partial charge in [-0.3, -0.25) is 9.59 Å². The van der Waals surface area contributed by atoms with Crippen molar-refractivity contribution in [2.24, 2.45) is 0 Å². The SMILES string of the molecule is COc1cc(NC(=O)C=Cc2ccc(-c3cccc(Cl)c3Cl)o2)ccc1NC(=O)c1ccco1. The molecule has 0 unspecified atom stereocenters. The van der Waals surface area contributed by atoms with Crippen molar-refractivity contribution in [2.45, 2.75) is 0 Å². The molecule has 9 heteroatoms. The topological polar surface area (TPSA) is 93.7 Å². The number of methoxy groups -OCH3 is 1. The quantitative estimate of drug-likeness (QED) is 0.275. The van der Waals surface area contributed by atoms with Gasteiger partial charge in [-0.1, -0.05) is 29.3 Å². The zero-order chi connectivity index (χ0) is 24.1. The molecule has 7 nitrogen and oxygen atoms in total. The van der Waals surface area contributed by atoms with Crippen LogP contribution in [0.1, 0.15) is 16.3 Å². The molecule has 0 spiro atoms. The Labute approximate surface area is 204 Å². The molecular weight excluding hydrogens is 479 g/mol. The lowest BCUT2D eigenvalue weighted by molar-refractivity contribution is -0.111. The van der Waals surface area contributed by atoms with Crippen molar-refractivity contribution in [2.75, 3.05) is 17.7 Å². The Bertz CT molecular complexity index is 1360. The largest absolute Gasteiger partial charge is 0.494 e. The van der Waals surface area contributed by atoms with Gasteiger partial charge in [0.25, 0.3) is 5.91 Å². The van der Waals surface area contributed by atoms with Gasteiger partial charge in [0.1, 0.15) is 17.3 Å². The molecule has 0 saturated carbocycles. The first-order valence-electron chi connectivity index (χ1n) is 10.0. The standard InChI is InChI=1S/C25H18Cl2N2O5/c1-32-22-14-15(7-10-19(22)29-25(31)21-6-3-13-33-21)28-23(30)12-9-16-8-11-20(34-16)17-4-2-5-18(26)24(17)27/h2-14H,1H3,(H,28,30)(H,29,31). The summed E-state index contributed by atoms with van der Waals surface area (Å²) in [5.41, 5.74) is 1.57. The van der Waals surface area contributed by atoms with Crippen molar-refractivity contribution in [3.05, 3.63) is 94.6 Å². The molecule has 0 bridgehead atoms. The van der Waals surface area contributed by atoms with Crippen molar-refractivity contribution in [3.63, 3.8) is 0 Å². The summed E-state index contributed by atoms with van der Waals surface area (Å²) >= 11 is 12.3. The zero-order valence-electron chi connectivity index (χ0n) is 17.8. The second kappa shape index (κ2) is 10.3. The first kappa shape index (κ1) is 23.2. The number of benzene rings is 2. The molecule has 0 atom stereocenters. The number of rotatable bonds is 7. The molecule has 172 valence electrons. The molecule has 0 aliphatic carbocycles. The molecule has 0 radical (unpaired) electrons. The summed E-state index contributed by atoms with van der Waals surface area (Å²) < 4.78 is 16.2. The molecule has 34 heavy (non-hydrogen) atoms. The van der Waals surface area contributed by atoms with E-state index >= 15 is 0 Å². The van der Waals surface area contributed by atoms with E-state index in [2.05, 4.69) is 10.6 Å². The number of nitrogens with one attached hydrogen (secondary N) is 2. The number of halogens is 2. The zero-order valence-corrected chi connectivity index (χ0v) is 19.3. The van der Waals surface area contributed by atoms with Gasteiger partial charge in [0.15, 0.2) is 5.76 Å². The summed E-state index contributed by atoms with van der Waals surface area (Å²) in [6.07, 6.45) is 4.28. The van der Waals surface area contributed by atoms with Crippen LogP contribution in [0, 0.1) is 0 Å².